The fourth-order valence-electron chi connectivity index (χ4n) is 6.89. The molecule has 3 saturated heterocycles. The Labute approximate surface area is 234 Å². The number of hydrogen-bond acceptors (Lipinski definition) is 7. The van der Waals surface area contributed by atoms with Crippen LogP contribution in [0, 0.1) is 19.3 Å². The van der Waals surface area contributed by atoms with Crippen molar-refractivity contribution in [2.24, 2.45) is 5.41 Å². The zero-order valence-corrected chi connectivity index (χ0v) is 24.1. The van der Waals surface area contributed by atoms with Crippen molar-refractivity contribution in [1.29, 1.82) is 0 Å². The first-order valence-electron chi connectivity index (χ1n) is 14.4. The minimum atomic E-state index is 0.132. The Morgan fingerprint density at radius 3 is 2.67 bits per heavy atom. The Bertz CT molecular complexity index is 1610. The smallest absolute Gasteiger partial charge is 0.237 e. The van der Waals surface area contributed by atoms with Crippen molar-refractivity contribution < 1.29 is 9.53 Å². The van der Waals surface area contributed by atoms with E-state index < -0.39 is 0 Å². The van der Waals surface area contributed by atoms with Gasteiger partial charge in [0, 0.05) is 61.5 Å². The number of hydrogen-bond donors (Lipinski definition) is 1. The molecule has 1 amide bonds. The molecule has 3 fully saturated rings. The average molecular weight is 543 g/mol. The number of likely N-dealkylation sites (tertiary alicyclic amines) is 1. The summed E-state index contributed by atoms with van der Waals surface area (Å²) in [6, 6.07) is 4.39. The van der Waals surface area contributed by atoms with Crippen LogP contribution >= 0.6 is 0 Å². The minimum Gasteiger partial charge on any atom is -0.380 e. The molecular formula is C30H38N8O2. The van der Waals surface area contributed by atoms with E-state index in [2.05, 4.69) is 82.7 Å². The van der Waals surface area contributed by atoms with Gasteiger partial charge in [0.1, 0.15) is 12.1 Å². The van der Waals surface area contributed by atoms with Crippen LogP contribution in [0.4, 0.5) is 5.82 Å². The van der Waals surface area contributed by atoms with Crippen LogP contribution in [-0.2, 0) is 9.53 Å². The van der Waals surface area contributed by atoms with Gasteiger partial charge >= 0.3 is 0 Å². The molecule has 1 spiro atoms. The third kappa shape index (κ3) is 3.99. The van der Waals surface area contributed by atoms with Crippen molar-refractivity contribution in [1.82, 2.24) is 34.4 Å². The van der Waals surface area contributed by atoms with E-state index in [9.17, 15) is 4.79 Å². The van der Waals surface area contributed by atoms with Gasteiger partial charge < -0.3 is 19.5 Å². The lowest BCUT2D eigenvalue weighted by molar-refractivity contribution is -0.191. The number of nitrogens with one attached hydrogen (secondary N) is 1. The van der Waals surface area contributed by atoms with Crippen LogP contribution in [0.15, 0.2) is 24.7 Å². The Morgan fingerprint density at radius 1 is 1.18 bits per heavy atom. The van der Waals surface area contributed by atoms with Gasteiger partial charge in [0.25, 0.3) is 0 Å². The van der Waals surface area contributed by atoms with E-state index in [0.717, 1.165) is 78.7 Å². The summed E-state index contributed by atoms with van der Waals surface area (Å²) in [4.78, 5) is 33.1. The SMILES string of the molecule is Cc1c(-c2[nH]c3ccc(N4CCN(C(=O)CN5CC6(COC6)C5)[C@@H](C)C4)nc3c2C(C)C)cn2ncnc2c1C. The molecule has 1 atom stereocenters. The first kappa shape index (κ1) is 25.5. The summed E-state index contributed by atoms with van der Waals surface area (Å²) in [6.45, 7) is 17.3. The van der Waals surface area contributed by atoms with Gasteiger partial charge in [-0.2, -0.15) is 5.10 Å². The van der Waals surface area contributed by atoms with Crippen molar-refractivity contribution in [2.75, 3.05) is 57.4 Å². The monoisotopic (exact) mass is 542 g/mol. The van der Waals surface area contributed by atoms with Gasteiger partial charge in [-0.1, -0.05) is 13.8 Å². The zero-order chi connectivity index (χ0) is 27.8. The van der Waals surface area contributed by atoms with Gasteiger partial charge in [0.15, 0.2) is 5.65 Å². The Balaban J connectivity index is 1.13. The highest BCUT2D eigenvalue weighted by molar-refractivity contribution is 5.90. The number of carbonyl (C=O) groups excluding carboxylic acids is 1. The first-order chi connectivity index (χ1) is 19.2. The number of pyridine rings is 2. The second kappa shape index (κ2) is 9.27. The minimum absolute atomic E-state index is 0.132. The molecule has 3 aliphatic rings. The summed E-state index contributed by atoms with van der Waals surface area (Å²) >= 11 is 0. The Morgan fingerprint density at radius 2 is 1.98 bits per heavy atom. The summed E-state index contributed by atoms with van der Waals surface area (Å²) in [5.41, 5.74) is 9.02. The van der Waals surface area contributed by atoms with Gasteiger partial charge in [-0.25, -0.2) is 14.5 Å². The van der Waals surface area contributed by atoms with Gasteiger partial charge in [0.05, 0.1) is 36.5 Å². The van der Waals surface area contributed by atoms with E-state index in [1.807, 2.05) is 4.52 Å². The molecule has 4 aromatic rings. The highest BCUT2D eigenvalue weighted by atomic mass is 16.5. The van der Waals surface area contributed by atoms with Gasteiger partial charge in [0.2, 0.25) is 5.91 Å². The molecule has 0 unspecified atom stereocenters. The van der Waals surface area contributed by atoms with E-state index >= 15 is 0 Å². The molecule has 0 saturated carbocycles. The molecular weight excluding hydrogens is 504 g/mol. The number of aromatic nitrogens is 5. The number of ether oxygens (including phenoxy) is 1. The number of rotatable bonds is 5. The van der Waals surface area contributed by atoms with Crippen LogP contribution in [0.25, 0.3) is 27.9 Å². The van der Waals surface area contributed by atoms with E-state index in [4.69, 9.17) is 9.72 Å². The van der Waals surface area contributed by atoms with E-state index in [0.29, 0.717) is 18.5 Å². The average Bonchev–Trinajstić information content (AvgIpc) is 3.51. The lowest BCUT2D eigenvalue weighted by Crippen LogP contribution is -2.67. The predicted molar refractivity (Wildman–Crippen MR) is 155 cm³/mol. The topological polar surface area (TPSA) is 94.9 Å². The second-order valence-electron chi connectivity index (χ2n) is 12.5. The maximum absolute atomic E-state index is 13.1. The number of nitrogens with zero attached hydrogens (tertiary/aromatic N) is 7. The normalized spacial score (nSPS) is 21.0. The highest BCUT2D eigenvalue weighted by Gasteiger charge is 2.49. The molecule has 10 heteroatoms. The quantitative estimate of drug-likeness (QED) is 0.413. The van der Waals surface area contributed by atoms with E-state index in [-0.39, 0.29) is 17.9 Å². The van der Waals surface area contributed by atoms with Gasteiger partial charge in [-0.15, -0.1) is 0 Å². The first-order valence-corrected chi connectivity index (χ1v) is 14.4. The van der Waals surface area contributed by atoms with Crippen molar-refractivity contribution in [3.8, 4) is 11.3 Å². The number of H-pyrrole nitrogens is 1. The number of aromatic amines is 1. The van der Waals surface area contributed by atoms with Crippen LogP contribution in [0.3, 0.4) is 0 Å². The maximum atomic E-state index is 13.1. The molecule has 4 aromatic heterocycles. The number of amides is 1. The standard InChI is InChI=1S/C30H38N8O2/c1-18(2)26-27(22-11-38-29(31-17-32-38)21(5)20(22)4)33-23-6-7-24(34-28(23)26)36-8-9-37(19(3)10-36)25(39)12-35-13-30(14-35)15-40-16-30/h6-7,11,17-19,33H,8-10,12-16H2,1-5H3/t19-/m0/s1. The van der Waals surface area contributed by atoms with Crippen molar-refractivity contribution in [3.05, 3.63) is 41.3 Å². The summed E-state index contributed by atoms with van der Waals surface area (Å²) in [6.07, 6.45) is 3.67. The zero-order valence-electron chi connectivity index (χ0n) is 24.1. The number of anilines is 1. The van der Waals surface area contributed by atoms with Crippen molar-refractivity contribution in [3.63, 3.8) is 0 Å². The molecule has 0 aliphatic carbocycles. The molecule has 1 N–H and O–H groups in total. The van der Waals surface area contributed by atoms with Crippen LogP contribution in [0.2, 0.25) is 0 Å². The fraction of sp³-hybridized carbons (Fsp3) is 0.533. The third-order valence-corrected chi connectivity index (χ3v) is 9.20. The molecule has 3 aliphatic heterocycles. The lowest BCUT2D eigenvalue weighted by atomic mass is 9.78. The molecule has 40 heavy (non-hydrogen) atoms. The molecule has 0 bridgehead atoms. The predicted octanol–water partition coefficient (Wildman–Crippen LogP) is 3.38. The molecule has 10 nitrogen and oxygen atoms in total. The molecule has 0 aromatic carbocycles. The van der Waals surface area contributed by atoms with Crippen LogP contribution in [-0.4, -0.2) is 98.8 Å². The summed E-state index contributed by atoms with van der Waals surface area (Å²) in [5, 5.41) is 4.41. The van der Waals surface area contributed by atoms with E-state index in [1.54, 1.807) is 6.33 Å². The maximum Gasteiger partial charge on any atom is 0.237 e. The van der Waals surface area contributed by atoms with Crippen molar-refractivity contribution >= 4 is 28.4 Å². The molecule has 0 radical (unpaired) electrons. The summed E-state index contributed by atoms with van der Waals surface area (Å²) in [7, 11) is 0. The van der Waals surface area contributed by atoms with Crippen LogP contribution in [0.5, 0.6) is 0 Å². The summed E-state index contributed by atoms with van der Waals surface area (Å²) < 4.78 is 7.23. The lowest BCUT2D eigenvalue weighted by Gasteiger charge is -2.55. The van der Waals surface area contributed by atoms with Crippen LogP contribution < -0.4 is 4.90 Å². The molecule has 7 heterocycles. The number of aryl methyl sites for hydroxylation is 1. The fourth-order valence-corrected chi connectivity index (χ4v) is 6.89. The number of fused-ring (bicyclic) bond motifs is 2. The largest absolute Gasteiger partial charge is 0.380 e. The van der Waals surface area contributed by atoms with E-state index in [1.165, 1.54) is 11.1 Å². The Kier molecular flexibility index (Phi) is 5.90. The second-order valence-corrected chi connectivity index (χ2v) is 12.5. The number of carbonyl (C=O) groups is 1. The molecule has 210 valence electrons. The summed E-state index contributed by atoms with van der Waals surface area (Å²) in [5.74, 6) is 1.48. The molecule has 7 rings (SSSR count). The highest BCUT2D eigenvalue weighted by Crippen LogP contribution is 2.39. The number of piperazine rings is 1. The Hall–Kier alpha value is -3.50. The third-order valence-electron chi connectivity index (χ3n) is 9.20. The van der Waals surface area contributed by atoms with Crippen molar-refractivity contribution in [2.45, 2.75) is 46.6 Å². The van der Waals surface area contributed by atoms with Crippen LogP contribution in [0.1, 0.15) is 43.4 Å². The van der Waals surface area contributed by atoms with Gasteiger partial charge in [-0.3, -0.25) is 9.69 Å². The van der Waals surface area contributed by atoms with Gasteiger partial charge in [-0.05, 0) is 49.9 Å².